The van der Waals surface area contributed by atoms with Crippen molar-refractivity contribution >= 4 is 18.3 Å². The lowest BCUT2D eigenvalue weighted by Gasteiger charge is -2.19. The maximum Gasteiger partial charge on any atom is 0.242 e. The van der Waals surface area contributed by atoms with Crippen LogP contribution in [0.3, 0.4) is 0 Å². The molecule has 5 nitrogen and oxygen atoms in total. The van der Waals surface area contributed by atoms with Crippen LogP contribution >= 0.6 is 12.4 Å². The molecule has 2 atom stereocenters. The number of carbonyl (C=O) groups is 1. The molecule has 2 rings (SSSR count). The van der Waals surface area contributed by atoms with Crippen LogP contribution in [0.4, 0.5) is 8.78 Å². The maximum atomic E-state index is 13.3. The van der Waals surface area contributed by atoms with Gasteiger partial charge >= 0.3 is 0 Å². The van der Waals surface area contributed by atoms with Gasteiger partial charge in [0.2, 0.25) is 5.91 Å². The number of benzene rings is 1. The molecule has 0 bridgehead atoms. The Hall–Kier alpha value is -1.99. The summed E-state index contributed by atoms with van der Waals surface area (Å²) in [4.78, 5) is 12.3. The molecule has 1 aromatic carbocycles. The van der Waals surface area contributed by atoms with Crippen LogP contribution in [-0.4, -0.2) is 22.7 Å². The summed E-state index contributed by atoms with van der Waals surface area (Å²) in [5.74, 6) is -2.12. The molecule has 1 heterocycles. The van der Waals surface area contributed by atoms with Gasteiger partial charge in [-0.3, -0.25) is 9.48 Å². The first kappa shape index (κ1) is 19.1. The Bertz CT molecular complexity index is 677. The fraction of sp³-hybridized carbons (Fsp3) is 0.333. The Balaban J connectivity index is 0.00000264. The monoisotopic (exact) mass is 344 g/mol. The zero-order valence-corrected chi connectivity index (χ0v) is 13.8. The van der Waals surface area contributed by atoms with Crippen LogP contribution in [-0.2, 0) is 11.8 Å². The first-order valence-electron chi connectivity index (χ1n) is 6.83. The summed E-state index contributed by atoms with van der Waals surface area (Å²) in [7, 11) is 3.43. The van der Waals surface area contributed by atoms with Crippen LogP contribution in [0, 0.1) is 11.6 Å². The molecule has 2 aromatic rings. The number of halogens is 3. The van der Waals surface area contributed by atoms with Crippen molar-refractivity contribution in [2.45, 2.75) is 19.0 Å². The van der Waals surface area contributed by atoms with E-state index in [4.69, 9.17) is 0 Å². The van der Waals surface area contributed by atoms with Crippen molar-refractivity contribution in [3.63, 3.8) is 0 Å². The summed E-state index contributed by atoms with van der Waals surface area (Å²) >= 11 is 0. The highest BCUT2D eigenvalue weighted by molar-refractivity contribution is 5.85. The van der Waals surface area contributed by atoms with Crippen molar-refractivity contribution in [1.82, 2.24) is 20.4 Å². The quantitative estimate of drug-likeness (QED) is 0.874. The molecule has 0 fully saturated rings. The Morgan fingerprint density at radius 1 is 1.26 bits per heavy atom. The second-order valence-corrected chi connectivity index (χ2v) is 5.07. The van der Waals surface area contributed by atoms with E-state index in [9.17, 15) is 13.6 Å². The van der Waals surface area contributed by atoms with Crippen molar-refractivity contribution < 1.29 is 13.6 Å². The summed E-state index contributed by atoms with van der Waals surface area (Å²) in [6.07, 6.45) is 3.34. The number of nitrogens with one attached hydrogen (secondary N) is 2. The number of aryl methyl sites for hydroxylation is 1. The van der Waals surface area contributed by atoms with Gasteiger partial charge in [0.15, 0.2) is 11.6 Å². The molecule has 1 amide bonds. The predicted molar refractivity (Wildman–Crippen MR) is 85.2 cm³/mol. The summed E-state index contributed by atoms with van der Waals surface area (Å²) < 4.78 is 27.8. The number of hydrogen-bond donors (Lipinski definition) is 2. The third-order valence-electron chi connectivity index (χ3n) is 3.41. The third kappa shape index (κ3) is 4.49. The van der Waals surface area contributed by atoms with Gasteiger partial charge in [-0.2, -0.15) is 5.10 Å². The summed E-state index contributed by atoms with van der Waals surface area (Å²) in [5.41, 5.74) is 1.22. The maximum absolute atomic E-state index is 13.3. The largest absolute Gasteiger partial charge is 0.348 e. The highest BCUT2D eigenvalue weighted by Gasteiger charge is 2.22. The Morgan fingerprint density at radius 2 is 1.96 bits per heavy atom. The molecular weight excluding hydrogens is 326 g/mol. The van der Waals surface area contributed by atoms with E-state index in [2.05, 4.69) is 15.7 Å². The van der Waals surface area contributed by atoms with Crippen molar-refractivity contribution in [3.05, 3.63) is 53.4 Å². The first-order valence-corrected chi connectivity index (χ1v) is 6.83. The minimum atomic E-state index is -0.934. The minimum absolute atomic E-state index is 0. The minimum Gasteiger partial charge on any atom is -0.348 e. The summed E-state index contributed by atoms with van der Waals surface area (Å²) in [6, 6.07) is 2.56. The second-order valence-electron chi connectivity index (χ2n) is 5.07. The van der Waals surface area contributed by atoms with E-state index in [1.807, 2.05) is 0 Å². The van der Waals surface area contributed by atoms with Gasteiger partial charge in [0.25, 0.3) is 0 Å². The lowest BCUT2D eigenvalue weighted by atomic mass is 10.1. The predicted octanol–water partition coefficient (Wildman–Crippen LogP) is 2.26. The van der Waals surface area contributed by atoms with Crippen LogP contribution in [0.15, 0.2) is 30.6 Å². The highest BCUT2D eigenvalue weighted by atomic mass is 35.5. The lowest BCUT2D eigenvalue weighted by molar-refractivity contribution is -0.123. The molecule has 0 aliphatic rings. The van der Waals surface area contributed by atoms with E-state index in [0.717, 1.165) is 17.7 Å². The molecule has 0 aliphatic carbocycles. The molecule has 8 heteroatoms. The Labute approximate surface area is 139 Å². The van der Waals surface area contributed by atoms with Gasteiger partial charge in [-0.05, 0) is 31.7 Å². The van der Waals surface area contributed by atoms with E-state index < -0.39 is 23.7 Å². The molecule has 126 valence electrons. The molecule has 0 saturated carbocycles. The van der Waals surface area contributed by atoms with Crippen LogP contribution < -0.4 is 10.6 Å². The van der Waals surface area contributed by atoms with E-state index in [1.165, 1.54) is 6.07 Å². The topological polar surface area (TPSA) is 59.0 Å². The van der Waals surface area contributed by atoms with Gasteiger partial charge < -0.3 is 10.6 Å². The number of aromatic nitrogens is 2. The van der Waals surface area contributed by atoms with E-state index >= 15 is 0 Å². The average molecular weight is 345 g/mol. The van der Waals surface area contributed by atoms with Gasteiger partial charge in [-0.25, -0.2) is 8.78 Å². The number of amides is 1. The SMILES string of the molecule is CNC(C(=O)NC(C)c1ccc(F)c(F)c1)c1cnn(C)c1.Cl. The normalized spacial score (nSPS) is 13.1. The van der Waals surface area contributed by atoms with Crippen molar-refractivity contribution in [2.75, 3.05) is 7.05 Å². The lowest BCUT2D eigenvalue weighted by Crippen LogP contribution is -2.37. The first-order chi connectivity index (χ1) is 10.4. The molecule has 23 heavy (non-hydrogen) atoms. The number of hydrogen-bond acceptors (Lipinski definition) is 3. The molecule has 2 unspecified atom stereocenters. The van der Waals surface area contributed by atoms with Crippen LogP contribution in [0.5, 0.6) is 0 Å². The average Bonchev–Trinajstić information content (AvgIpc) is 2.89. The molecular formula is C15H19ClF2N4O. The van der Waals surface area contributed by atoms with Crippen LogP contribution in [0.1, 0.15) is 30.1 Å². The van der Waals surface area contributed by atoms with E-state index in [0.29, 0.717) is 5.56 Å². The molecule has 2 N–H and O–H groups in total. The second kappa shape index (κ2) is 8.03. The number of nitrogens with zero attached hydrogens (tertiary/aromatic N) is 2. The molecule has 0 spiro atoms. The van der Waals surface area contributed by atoms with Crippen molar-refractivity contribution in [3.8, 4) is 0 Å². The third-order valence-corrected chi connectivity index (χ3v) is 3.41. The zero-order chi connectivity index (χ0) is 16.3. The summed E-state index contributed by atoms with van der Waals surface area (Å²) in [6.45, 7) is 1.71. The highest BCUT2D eigenvalue weighted by Crippen LogP contribution is 2.18. The van der Waals surface area contributed by atoms with Gasteiger partial charge in [0.05, 0.1) is 12.2 Å². The standard InChI is InChI=1S/C15H18F2N4O.ClH/c1-9(10-4-5-12(16)13(17)6-10)20-15(22)14(18-2)11-7-19-21(3)8-11;/h4-9,14,18H,1-3H3,(H,20,22);1H. The van der Waals surface area contributed by atoms with Crippen molar-refractivity contribution in [1.29, 1.82) is 0 Å². The Morgan fingerprint density at radius 3 is 2.48 bits per heavy atom. The molecule has 0 aliphatic heterocycles. The number of carbonyl (C=O) groups excluding carboxylic acids is 1. The molecule has 0 radical (unpaired) electrons. The van der Waals surface area contributed by atoms with Gasteiger partial charge in [-0.1, -0.05) is 6.07 Å². The van der Waals surface area contributed by atoms with Crippen LogP contribution in [0.25, 0.3) is 0 Å². The van der Waals surface area contributed by atoms with Gasteiger partial charge in [-0.15, -0.1) is 12.4 Å². The molecule has 1 aromatic heterocycles. The zero-order valence-electron chi connectivity index (χ0n) is 13.0. The number of rotatable bonds is 5. The summed E-state index contributed by atoms with van der Waals surface area (Å²) in [5, 5.41) is 9.72. The Kier molecular flexibility index (Phi) is 6.65. The van der Waals surface area contributed by atoms with Gasteiger partial charge in [0, 0.05) is 18.8 Å². The fourth-order valence-electron chi connectivity index (χ4n) is 2.20. The van der Waals surface area contributed by atoms with Crippen molar-refractivity contribution in [2.24, 2.45) is 7.05 Å². The van der Waals surface area contributed by atoms with E-state index in [-0.39, 0.29) is 18.3 Å². The van der Waals surface area contributed by atoms with Gasteiger partial charge in [0.1, 0.15) is 6.04 Å². The fourth-order valence-corrected chi connectivity index (χ4v) is 2.20. The number of likely N-dealkylation sites (N-methyl/N-ethyl adjacent to an activating group) is 1. The smallest absolute Gasteiger partial charge is 0.242 e. The van der Waals surface area contributed by atoms with E-state index in [1.54, 1.807) is 38.1 Å². The van der Waals surface area contributed by atoms with Crippen LogP contribution in [0.2, 0.25) is 0 Å². The molecule has 0 saturated heterocycles.